The van der Waals surface area contributed by atoms with E-state index in [9.17, 15) is 13.2 Å². The average molecular weight is 418 g/mol. The molecule has 0 aliphatic carbocycles. The third kappa shape index (κ3) is 7.78. The van der Waals surface area contributed by atoms with Gasteiger partial charge >= 0.3 is 0 Å². The van der Waals surface area contributed by atoms with Crippen LogP contribution >= 0.6 is 12.4 Å². The van der Waals surface area contributed by atoms with Crippen molar-refractivity contribution < 1.29 is 13.2 Å². The van der Waals surface area contributed by atoms with Crippen LogP contribution in [-0.4, -0.2) is 40.0 Å². The molecular weight excluding hydrogens is 386 g/mol. The maximum absolute atomic E-state index is 12.6. The molecule has 8 heteroatoms. The van der Waals surface area contributed by atoms with Crippen LogP contribution in [0.25, 0.3) is 0 Å². The molecule has 1 heterocycles. The van der Waals surface area contributed by atoms with Gasteiger partial charge in [0.05, 0.1) is 4.90 Å². The van der Waals surface area contributed by atoms with Crippen LogP contribution in [0.5, 0.6) is 0 Å². The SMILES string of the molecule is Cc1ccc(S(=O)(=O)NC(CC(C)C)C(=O)NCCC2CCNC2)cc1.Cl. The van der Waals surface area contributed by atoms with Gasteiger partial charge < -0.3 is 10.6 Å². The first-order chi connectivity index (χ1) is 12.3. The van der Waals surface area contributed by atoms with Gasteiger partial charge in [0.15, 0.2) is 0 Å². The molecule has 0 bridgehead atoms. The first kappa shape index (κ1) is 23.9. The Balaban J connectivity index is 0.00000364. The summed E-state index contributed by atoms with van der Waals surface area (Å²) in [5, 5.41) is 6.21. The summed E-state index contributed by atoms with van der Waals surface area (Å²) < 4.78 is 27.8. The highest BCUT2D eigenvalue weighted by Gasteiger charge is 2.26. The molecule has 1 aliphatic heterocycles. The highest BCUT2D eigenvalue weighted by molar-refractivity contribution is 7.89. The van der Waals surface area contributed by atoms with Crippen LogP contribution in [0.2, 0.25) is 0 Å². The summed E-state index contributed by atoms with van der Waals surface area (Å²) in [4.78, 5) is 12.7. The number of aryl methyl sites for hydroxylation is 1. The number of carbonyl (C=O) groups excluding carboxylic acids is 1. The van der Waals surface area contributed by atoms with Gasteiger partial charge in [-0.2, -0.15) is 4.72 Å². The maximum atomic E-state index is 12.6. The molecule has 1 aliphatic rings. The molecule has 1 fully saturated rings. The summed E-state index contributed by atoms with van der Waals surface area (Å²) >= 11 is 0. The molecule has 0 radical (unpaired) electrons. The van der Waals surface area contributed by atoms with Crippen molar-refractivity contribution in [3.8, 4) is 0 Å². The molecule has 1 aromatic rings. The van der Waals surface area contributed by atoms with Gasteiger partial charge in [-0.15, -0.1) is 12.4 Å². The van der Waals surface area contributed by atoms with Crippen molar-refractivity contribution in [2.24, 2.45) is 11.8 Å². The van der Waals surface area contributed by atoms with Crippen molar-refractivity contribution >= 4 is 28.3 Å². The number of nitrogens with one attached hydrogen (secondary N) is 3. The van der Waals surface area contributed by atoms with Crippen LogP contribution in [0.3, 0.4) is 0 Å². The maximum Gasteiger partial charge on any atom is 0.241 e. The van der Waals surface area contributed by atoms with Gasteiger partial charge in [0.25, 0.3) is 0 Å². The van der Waals surface area contributed by atoms with Crippen molar-refractivity contribution in [1.29, 1.82) is 0 Å². The lowest BCUT2D eigenvalue weighted by molar-refractivity contribution is -0.123. The fraction of sp³-hybridized carbons (Fsp3) is 0.632. The topological polar surface area (TPSA) is 87.3 Å². The van der Waals surface area contributed by atoms with Crippen molar-refractivity contribution in [2.75, 3.05) is 19.6 Å². The molecule has 1 saturated heterocycles. The quantitative estimate of drug-likeness (QED) is 0.575. The van der Waals surface area contributed by atoms with E-state index in [-0.39, 0.29) is 29.1 Å². The highest BCUT2D eigenvalue weighted by Crippen LogP contribution is 2.14. The Hall–Kier alpha value is -1.15. The van der Waals surface area contributed by atoms with E-state index in [2.05, 4.69) is 15.4 Å². The predicted octanol–water partition coefficient (Wildman–Crippen LogP) is 2.23. The number of halogens is 1. The van der Waals surface area contributed by atoms with Crippen LogP contribution < -0.4 is 15.4 Å². The van der Waals surface area contributed by atoms with E-state index in [4.69, 9.17) is 0 Å². The first-order valence-corrected chi connectivity index (χ1v) is 10.8. The average Bonchev–Trinajstić information content (AvgIpc) is 3.07. The van der Waals surface area contributed by atoms with Crippen LogP contribution in [0.15, 0.2) is 29.2 Å². The zero-order valence-electron chi connectivity index (χ0n) is 16.3. The fourth-order valence-electron chi connectivity index (χ4n) is 3.14. The number of carbonyl (C=O) groups is 1. The van der Waals surface area contributed by atoms with Gasteiger partial charge in [-0.05, 0) is 63.2 Å². The molecule has 3 N–H and O–H groups in total. The second kappa shape index (κ2) is 11.0. The summed E-state index contributed by atoms with van der Waals surface area (Å²) in [6.45, 7) is 8.45. The standard InChI is InChI=1S/C19H31N3O3S.ClH/c1-14(2)12-18(19(23)21-11-9-16-8-10-20-13-16)22-26(24,25)17-6-4-15(3)5-7-17;/h4-7,14,16,18,20,22H,8-13H2,1-3H3,(H,21,23);1H. The Kier molecular flexibility index (Phi) is 9.73. The Labute approximate surface area is 169 Å². The molecule has 2 rings (SSSR count). The summed E-state index contributed by atoms with van der Waals surface area (Å²) in [5.41, 5.74) is 0.988. The van der Waals surface area contributed by atoms with E-state index in [1.165, 1.54) is 0 Å². The van der Waals surface area contributed by atoms with Crippen LogP contribution in [0.4, 0.5) is 0 Å². The minimum atomic E-state index is -3.73. The third-order valence-electron chi connectivity index (χ3n) is 4.67. The lowest BCUT2D eigenvalue weighted by atomic mass is 10.0. The molecule has 154 valence electrons. The predicted molar refractivity (Wildman–Crippen MR) is 111 cm³/mol. The molecule has 0 saturated carbocycles. The van der Waals surface area contributed by atoms with Gasteiger partial charge in [0.1, 0.15) is 6.04 Å². The molecular formula is C19H32ClN3O3S. The number of hydrogen-bond acceptors (Lipinski definition) is 4. The minimum Gasteiger partial charge on any atom is -0.355 e. The first-order valence-electron chi connectivity index (χ1n) is 9.35. The second-order valence-corrected chi connectivity index (χ2v) is 9.27. The number of sulfonamides is 1. The van der Waals surface area contributed by atoms with E-state index in [1.807, 2.05) is 20.8 Å². The second-order valence-electron chi connectivity index (χ2n) is 7.56. The zero-order chi connectivity index (χ0) is 19.2. The third-order valence-corrected chi connectivity index (χ3v) is 6.15. The molecule has 27 heavy (non-hydrogen) atoms. The Morgan fingerprint density at radius 2 is 1.93 bits per heavy atom. The van der Waals surface area contributed by atoms with Crippen LogP contribution in [0, 0.1) is 18.8 Å². The Morgan fingerprint density at radius 3 is 2.48 bits per heavy atom. The van der Waals surface area contributed by atoms with Crippen LogP contribution in [-0.2, 0) is 14.8 Å². The summed E-state index contributed by atoms with van der Waals surface area (Å²) in [6, 6.07) is 5.87. The molecule has 2 atom stereocenters. The van der Waals surface area contributed by atoms with Gasteiger partial charge in [0, 0.05) is 6.54 Å². The van der Waals surface area contributed by atoms with Gasteiger partial charge in [-0.25, -0.2) is 8.42 Å². The van der Waals surface area contributed by atoms with Gasteiger partial charge in [-0.3, -0.25) is 4.79 Å². The van der Waals surface area contributed by atoms with Gasteiger partial charge in [-0.1, -0.05) is 31.5 Å². The lowest BCUT2D eigenvalue weighted by Crippen LogP contribution is -2.47. The zero-order valence-corrected chi connectivity index (χ0v) is 18.0. The number of amides is 1. The van der Waals surface area contributed by atoms with E-state index < -0.39 is 16.1 Å². The largest absolute Gasteiger partial charge is 0.355 e. The van der Waals surface area contributed by atoms with Crippen molar-refractivity contribution in [3.05, 3.63) is 29.8 Å². The van der Waals surface area contributed by atoms with Crippen molar-refractivity contribution in [1.82, 2.24) is 15.4 Å². The molecule has 0 spiro atoms. The highest BCUT2D eigenvalue weighted by atomic mass is 35.5. The Bertz CT molecular complexity index is 687. The number of hydrogen-bond donors (Lipinski definition) is 3. The fourth-order valence-corrected chi connectivity index (χ4v) is 4.34. The smallest absolute Gasteiger partial charge is 0.241 e. The molecule has 6 nitrogen and oxygen atoms in total. The van der Waals surface area contributed by atoms with E-state index in [0.29, 0.717) is 18.9 Å². The number of benzene rings is 1. The monoisotopic (exact) mass is 417 g/mol. The normalized spacial score (nSPS) is 18.1. The minimum absolute atomic E-state index is 0. The molecule has 2 unspecified atom stereocenters. The van der Waals surface area contributed by atoms with Crippen LogP contribution in [0.1, 0.15) is 38.7 Å². The number of rotatable bonds is 9. The van der Waals surface area contributed by atoms with E-state index in [0.717, 1.165) is 31.5 Å². The summed E-state index contributed by atoms with van der Waals surface area (Å²) in [7, 11) is -3.73. The molecule has 1 aromatic carbocycles. The molecule has 0 aromatic heterocycles. The lowest BCUT2D eigenvalue weighted by Gasteiger charge is -2.20. The van der Waals surface area contributed by atoms with E-state index in [1.54, 1.807) is 24.3 Å². The van der Waals surface area contributed by atoms with Crippen molar-refractivity contribution in [3.63, 3.8) is 0 Å². The summed E-state index contributed by atoms with van der Waals surface area (Å²) in [6.07, 6.45) is 2.51. The van der Waals surface area contributed by atoms with E-state index >= 15 is 0 Å². The van der Waals surface area contributed by atoms with Crippen molar-refractivity contribution in [2.45, 2.75) is 51.0 Å². The molecule has 1 amide bonds. The Morgan fingerprint density at radius 1 is 1.26 bits per heavy atom. The summed E-state index contributed by atoms with van der Waals surface area (Å²) in [5.74, 6) is 0.536. The van der Waals surface area contributed by atoms with Gasteiger partial charge in [0.2, 0.25) is 15.9 Å².